The molecule has 0 fully saturated rings. The molecule has 0 saturated carbocycles. The van der Waals surface area contributed by atoms with Gasteiger partial charge in [0.15, 0.2) is 0 Å². The Bertz CT molecular complexity index is 578. The molecule has 6 heteroatoms. The molecule has 1 amide bonds. The predicted octanol–water partition coefficient (Wildman–Crippen LogP) is 3.72. The zero-order valence-corrected chi connectivity index (χ0v) is 14.0. The largest absolute Gasteiger partial charge is 0.325 e. The highest BCUT2D eigenvalue weighted by atomic mass is 35.5. The fourth-order valence-electron chi connectivity index (χ4n) is 1.83. The van der Waals surface area contributed by atoms with Gasteiger partial charge in [0.25, 0.3) is 0 Å². The van der Waals surface area contributed by atoms with Crippen LogP contribution in [0.1, 0.15) is 19.8 Å². The predicted molar refractivity (Wildman–Crippen MR) is 93.6 cm³/mol. The van der Waals surface area contributed by atoms with E-state index in [1.165, 1.54) is 0 Å². The van der Waals surface area contributed by atoms with Crippen molar-refractivity contribution in [2.75, 3.05) is 5.32 Å². The topological polar surface area (TPSA) is 68.0 Å². The van der Waals surface area contributed by atoms with Crippen molar-refractivity contribution in [1.29, 1.82) is 0 Å². The molecule has 0 radical (unpaired) electrons. The normalized spacial score (nSPS) is 11.4. The number of anilines is 1. The molecular weight excluding hydrogens is 318 g/mol. The molecule has 22 heavy (non-hydrogen) atoms. The van der Waals surface area contributed by atoms with E-state index in [-0.39, 0.29) is 18.3 Å². The molecule has 1 heterocycles. The van der Waals surface area contributed by atoms with Crippen molar-refractivity contribution in [3.8, 4) is 0 Å². The maximum atomic E-state index is 11.8. The van der Waals surface area contributed by atoms with Gasteiger partial charge in [-0.1, -0.05) is 25.1 Å². The SMILES string of the molecule is CCCC(N)C(=O)Nc1ccc(Sc2ccncc2)cc1.Cl. The highest BCUT2D eigenvalue weighted by molar-refractivity contribution is 7.99. The van der Waals surface area contributed by atoms with Crippen LogP contribution in [0.15, 0.2) is 58.6 Å². The van der Waals surface area contributed by atoms with E-state index >= 15 is 0 Å². The molecular formula is C16H20ClN3OS. The summed E-state index contributed by atoms with van der Waals surface area (Å²) in [5, 5.41) is 2.83. The van der Waals surface area contributed by atoms with Gasteiger partial charge in [-0.05, 0) is 42.8 Å². The smallest absolute Gasteiger partial charge is 0.241 e. The molecule has 0 saturated heterocycles. The summed E-state index contributed by atoms with van der Waals surface area (Å²) in [5.41, 5.74) is 6.55. The lowest BCUT2D eigenvalue weighted by molar-refractivity contribution is -0.117. The first-order valence-electron chi connectivity index (χ1n) is 6.93. The van der Waals surface area contributed by atoms with Crippen LogP contribution < -0.4 is 11.1 Å². The second kappa shape index (κ2) is 9.46. The summed E-state index contributed by atoms with van der Waals surface area (Å²) in [6, 6.07) is 11.2. The van der Waals surface area contributed by atoms with E-state index in [2.05, 4.69) is 10.3 Å². The summed E-state index contributed by atoms with van der Waals surface area (Å²) in [5.74, 6) is -0.133. The molecule has 1 aromatic carbocycles. The van der Waals surface area contributed by atoms with Gasteiger partial charge < -0.3 is 11.1 Å². The fraction of sp³-hybridized carbons (Fsp3) is 0.250. The third kappa shape index (κ3) is 5.67. The van der Waals surface area contributed by atoms with Gasteiger partial charge >= 0.3 is 0 Å². The highest BCUT2D eigenvalue weighted by Gasteiger charge is 2.12. The monoisotopic (exact) mass is 337 g/mol. The molecule has 2 rings (SSSR count). The molecule has 1 unspecified atom stereocenters. The molecule has 0 aliphatic rings. The van der Waals surface area contributed by atoms with Crippen molar-refractivity contribution in [2.45, 2.75) is 35.6 Å². The fourth-order valence-corrected chi connectivity index (χ4v) is 2.63. The van der Waals surface area contributed by atoms with E-state index in [0.717, 1.165) is 21.9 Å². The number of carbonyl (C=O) groups excluding carboxylic acids is 1. The van der Waals surface area contributed by atoms with E-state index in [0.29, 0.717) is 6.42 Å². The summed E-state index contributed by atoms with van der Waals surface area (Å²) < 4.78 is 0. The Hall–Kier alpha value is -1.56. The summed E-state index contributed by atoms with van der Waals surface area (Å²) in [6.07, 6.45) is 5.13. The minimum absolute atomic E-state index is 0. The van der Waals surface area contributed by atoms with Gasteiger partial charge in [0.1, 0.15) is 0 Å². The van der Waals surface area contributed by atoms with E-state index < -0.39 is 6.04 Å². The molecule has 4 nitrogen and oxygen atoms in total. The van der Waals surface area contributed by atoms with Crippen LogP contribution in [0.2, 0.25) is 0 Å². The number of pyridine rings is 1. The van der Waals surface area contributed by atoms with Crippen molar-refractivity contribution in [2.24, 2.45) is 5.73 Å². The number of aromatic nitrogens is 1. The summed E-state index contributed by atoms with van der Waals surface area (Å²) in [7, 11) is 0. The summed E-state index contributed by atoms with van der Waals surface area (Å²) >= 11 is 1.65. The third-order valence-corrected chi connectivity index (χ3v) is 3.96. The number of amides is 1. The number of nitrogens with two attached hydrogens (primary N) is 1. The zero-order chi connectivity index (χ0) is 15.1. The number of carbonyl (C=O) groups is 1. The van der Waals surface area contributed by atoms with E-state index in [9.17, 15) is 4.79 Å². The highest BCUT2D eigenvalue weighted by Crippen LogP contribution is 2.27. The number of rotatable bonds is 6. The van der Waals surface area contributed by atoms with Gasteiger partial charge in [0, 0.05) is 27.9 Å². The second-order valence-electron chi connectivity index (χ2n) is 4.69. The molecule has 2 aromatic rings. The lowest BCUT2D eigenvalue weighted by atomic mass is 10.1. The Kier molecular flexibility index (Phi) is 7.95. The maximum absolute atomic E-state index is 11.8. The minimum Gasteiger partial charge on any atom is -0.325 e. The molecule has 0 bridgehead atoms. The van der Waals surface area contributed by atoms with Crippen molar-refractivity contribution in [3.05, 3.63) is 48.8 Å². The van der Waals surface area contributed by atoms with Crippen LogP contribution >= 0.6 is 24.2 Å². The number of nitrogens with zero attached hydrogens (tertiary/aromatic N) is 1. The molecule has 3 N–H and O–H groups in total. The lowest BCUT2D eigenvalue weighted by Gasteiger charge is -2.11. The average Bonchev–Trinajstić information content (AvgIpc) is 2.50. The molecule has 0 aliphatic carbocycles. The minimum atomic E-state index is -0.444. The van der Waals surface area contributed by atoms with Crippen LogP contribution in [-0.4, -0.2) is 16.9 Å². The average molecular weight is 338 g/mol. The van der Waals surface area contributed by atoms with Gasteiger partial charge in [0.2, 0.25) is 5.91 Å². The van der Waals surface area contributed by atoms with Crippen LogP contribution in [0.3, 0.4) is 0 Å². The van der Waals surface area contributed by atoms with Gasteiger partial charge in [-0.15, -0.1) is 12.4 Å². The van der Waals surface area contributed by atoms with Crippen molar-refractivity contribution in [1.82, 2.24) is 4.98 Å². The van der Waals surface area contributed by atoms with Gasteiger partial charge in [-0.3, -0.25) is 9.78 Å². The zero-order valence-electron chi connectivity index (χ0n) is 12.4. The first-order valence-corrected chi connectivity index (χ1v) is 7.75. The van der Waals surface area contributed by atoms with Crippen LogP contribution in [0, 0.1) is 0 Å². The standard InChI is InChI=1S/C16H19N3OS.ClH/c1-2-3-15(17)16(20)19-12-4-6-13(7-5-12)21-14-8-10-18-11-9-14;/h4-11,15H,2-3,17H2,1H3,(H,19,20);1H. The van der Waals surface area contributed by atoms with Crippen molar-refractivity contribution in [3.63, 3.8) is 0 Å². The lowest BCUT2D eigenvalue weighted by Crippen LogP contribution is -2.35. The Labute approximate surface area is 141 Å². The van der Waals surface area contributed by atoms with E-state index in [4.69, 9.17) is 5.73 Å². The van der Waals surface area contributed by atoms with E-state index in [1.54, 1.807) is 24.2 Å². The molecule has 1 atom stereocenters. The van der Waals surface area contributed by atoms with E-state index in [1.807, 2.05) is 43.3 Å². The van der Waals surface area contributed by atoms with Crippen LogP contribution in [0.25, 0.3) is 0 Å². The number of benzene rings is 1. The molecule has 0 spiro atoms. The quantitative estimate of drug-likeness (QED) is 0.843. The van der Waals surface area contributed by atoms with Gasteiger partial charge in [-0.25, -0.2) is 0 Å². The molecule has 1 aromatic heterocycles. The molecule has 118 valence electrons. The number of hydrogen-bond acceptors (Lipinski definition) is 4. The van der Waals surface area contributed by atoms with Gasteiger partial charge in [0.05, 0.1) is 6.04 Å². The number of nitrogens with one attached hydrogen (secondary N) is 1. The summed E-state index contributed by atoms with van der Waals surface area (Å²) in [6.45, 7) is 2.01. The van der Waals surface area contributed by atoms with Crippen LogP contribution in [0.4, 0.5) is 5.69 Å². The second-order valence-corrected chi connectivity index (χ2v) is 5.84. The number of halogens is 1. The Balaban J connectivity index is 0.00000242. The first kappa shape index (κ1) is 18.5. The maximum Gasteiger partial charge on any atom is 0.241 e. The summed E-state index contributed by atoms with van der Waals surface area (Å²) in [4.78, 5) is 18.1. The van der Waals surface area contributed by atoms with Gasteiger partial charge in [-0.2, -0.15) is 0 Å². The van der Waals surface area contributed by atoms with Crippen molar-refractivity contribution < 1.29 is 4.79 Å². The van der Waals surface area contributed by atoms with Crippen LogP contribution in [-0.2, 0) is 4.79 Å². The van der Waals surface area contributed by atoms with Crippen molar-refractivity contribution >= 4 is 35.8 Å². The van der Waals surface area contributed by atoms with Crippen LogP contribution in [0.5, 0.6) is 0 Å². The Morgan fingerprint density at radius 3 is 2.36 bits per heavy atom. The Morgan fingerprint density at radius 2 is 1.77 bits per heavy atom. The number of hydrogen-bond donors (Lipinski definition) is 2. The first-order chi connectivity index (χ1) is 10.2. The Morgan fingerprint density at radius 1 is 1.18 bits per heavy atom. The molecule has 0 aliphatic heterocycles. The third-order valence-electron chi connectivity index (χ3n) is 2.94.